The highest BCUT2D eigenvalue weighted by Crippen LogP contribution is 2.20. The number of nitrogens with one attached hydrogen (secondary N) is 2. The number of carbonyl (C=O) groups is 1. The third kappa shape index (κ3) is 5.32. The lowest BCUT2D eigenvalue weighted by Gasteiger charge is -2.18. The summed E-state index contributed by atoms with van der Waals surface area (Å²) in [4.78, 5) is 14.0. The Hall–Kier alpha value is -2.34. The second-order valence-corrected chi connectivity index (χ2v) is 7.31. The Kier molecular flexibility index (Phi) is 6.16. The Morgan fingerprint density at radius 1 is 1.22 bits per heavy atom. The molecule has 0 radical (unpaired) electrons. The average molecular weight is 387 g/mol. The van der Waals surface area contributed by atoms with Gasteiger partial charge in [-0.05, 0) is 60.2 Å². The first-order valence-electron chi connectivity index (χ1n) is 8.90. The molecule has 0 aliphatic heterocycles. The topological polar surface area (TPSA) is 85.4 Å². The van der Waals surface area contributed by atoms with Crippen LogP contribution in [0.25, 0.3) is 10.9 Å². The molecule has 0 bridgehead atoms. The summed E-state index contributed by atoms with van der Waals surface area (Å²) in [7, 11) is 0. The second kappa shape index (κ2) is 8.57. The van der Waals surface area contributed by atoms with Gasteiger partial charge < -0.3 is 20.5 Å². The molecule has 2 unspecified atom stereocenters. The first-order chi connectivity index (χ1) is 12.9. The van der Waals surface area contributed by atoms with Gasteiger partial charge in [0.15, 0.2) is 0 Å². The van der Waals surface area contributed by atoms with Crippen LogP contribution in [0, 0.1) is 0 Å². The van der Waals surface area contributed by atoms with E-state index in [4.69, 9.17) is 16.7 Å². The van der Waals surface area contributed by atoms with Crippen molar-refractivity contribution in [1.82, 2.24) is 10.3 Å². The zero-order valence-electron chi connectivity index (χ0n) is 15.1. The van der Waals surface area contributed by atoms with Crippen molar-refractivity contribution < 1.29 is 15.0 Å². The van der Waals surface area contributed by atoms with Crippen LogP contribution in [-0.2, 0) is 17.6 Å². The summed E-state index contributed by atoms with van der Waals surface area (Å²) in [5, 5.41) is 24.2. The minimum absolute atomic E-state index is 0.0106. The van der Waals surface area contributed by atoms with Crippen LogP contribution < -0.4 is 5.32 Å². The molecule has 1 heterocycles. The van der Waals surface area contributed by atoms with Gasteiger partial charge in [0.05, 0.1) is 12.5 Å². The SMILES string of the molecule is CC(Cc1ccc2[nH]c(CC(=O)O)cc2c1)NCC(O)c1cccc(Cl)c1. The summed E-state index contributed by atoms with van der Waals surface area (Å²) < 4.78 is 0. The van der Waals surface area contributed by atoms with E-state index in [1.54, 1.807) is 12.1 Å². The number of aliphatic hydroxyl groups excluding tert-OH is 1. The zero-order chi connectivity index (χ0) is 19.4. The zero-order valence-corrected chi connectivity index (χ0v) is 15.8. The van der Waals surface area contributed by atoms with Crippen LogP contribution in [0.3, 0.4) is 0 Å². The monoisotopic (exact) mass is 386 g/mol. The highest BCUT2D eigenvalue weighted by Gasteiger charge is 2.11. The molecule has 0 spiro atoms. The van der Waals surface area contributed by atoms with Crippen molar-refractivity contribution in [2.24, 2.45) is 0 Å². The Balaban J connectivity index is 1.58. The first-order valence-corrected chi connectivity index (χ1v) is 9.28. The van der Waals surface area contributed by atoms with E-state index >= 15 is 0 Å². The van der Waals surface area contributed by atoms with Crippen LogP contribution in [0.2, 0.25) is 5.02 Å². The number of benzene rings is 2. The molecule has 3 rings (SSSR count). The standard InChI is InChI=1S/C21H23ClN2O3/c1-13(23-12-20(25)15-3-2-4-17(22)9-15)7-14-5-6-19-16(8-14)10-18(24-19)11-21(26)27/h2-6,8-10,13,20,23-25H,7,11-12H2,1H3,(H,26,27). The molecule has 2 atom stereocenters. The van der Waals surface area contributed by atoms with E-state index in [1.807, 2.05) is 30.3 Å². The molecule has 6 heteroatoms. The normalized spacial score (nSPS) is 13.6. The molecule has 3 aromatic rings. The summed E-state index contributed by atoms with van der Waals surface area (Å²) in [5.41, 5.74) is 3.58. The molecular weight excluding hydrogens is 364 g/mol. The Bertz CT molecular complexity index is 938. The summed E-state index contributed by atoms with van der Waals surface area (Å²) >= 11 is 5.97. The number of aromatic nitrogens is 1. The van der Waals surface area contributed by atoms with Crippen molar-refractivity contribution in [2.45, 2.75) is 31.9 Å². The Morgan fingerprint density at radius 2 is 2.04 bits per heavy atom. The van der Waals surface area contributed by atoms with Crippen molar-refractivity contribution in [3.63, 3.8) is 0 Å². The van der Waals surface area contributed by atoms with Crippen molar-refractivity contribution in [2.75, 3.05) is 6.54 Å². The summed E-state index contributed by atoms with van der Waals surface area (Å²) in [6.45, 7) is 2.51. The molecule has 5 nitrogen and oxygen atoms in total. The molecule has 0 fully saturated rings. The van der Waals surface area contributed by atoms with Gasteiger partial charge in [0.1, 0.15) is 0 Å². The third-order valence-electron chi connectivity index (χ3n) is 4.52. The van der Waals surface area contributed by atoms with Crippen LogP contribution in [-0.4, -0.2) is 33.8 Å². The Morgan fingerprint density at radius 3 is 2.78 bits per heavy atom. The fourth-order valence-corrected chi connectivity index (χ4v) is 3.40. The van der Waals surface area contributed by atoms with Gasteiger partial charge in [-0.3, -0.25) is 4.79 Å². The van der Waals surface area contributed by atoms with E-state index in [2.05, 4.69) is 23.3 Å². The van der Waals surface area contributed by atoms with Gasteiger partial charge in [-0.25, -0.2) is 0 Å². The van der Waals surface area contributed by atoms with E-state index in [0.717, 1.165) is 28.5 Å². The number of aliphatic hydroxyl groups is 1. The quantitative estimate of drug-likeness (QED) is 0.475. The molecule has 2 aromatic carbocycles. The number of rotatable bonds is 8. The predicted octanol–water partition coefficient (Wildman–Crippen LogP) is 3.70. The maximum absolute atomic E-state index is 10.8. The summed E-state index contributed by atoms with van der Waals surface area (Å²) in [6.07, 6.45) is 0.179. The number of carboxylic acid groups (broad SMARTS) is 1. The second-order valence-electron chi connectivity index (χ2n) is 6.87. The molecule has 0 saturated carbocycles. The number of carboxylic acids is 1. The third-order valence-corrected chi connectivity index (χ3v) is 4.75. The number of H-pyrrole nitrogens is 1. The number of hydrogen-bond donors (Lipinski definition) is 4. The number of halogens is 1. The van der Waals surface area contributed by atoms with Gasteiger partial charge in [-0.2, -0.15) is 0 Å². The van der Waals surface area contributed by atoms with E-state index < -0.39 is 12.1 Å². The first kappa shape index (κ1) is 19.4. The molecule has 142 valence electrons. The van der Waals surface area contributed by atoms with Crippen LogP contribution in [0.4, 0.5) is 0 Å². The van der Waals surface area contributed by atoms with E-state index in [9.17, 15) is 9.90 Å². The van der Waals surface area contributed by atoms with Crippen molar-refractivity contribution >= 4 is 28.5 Å². The van der Waals surface area contributed by atoms with Crippen LogP contribution in [0.1, 0.15) is 29.8 Å². The highest BCUT2D eigenvalue weighted by molar-refractivity contribution is 6.30. The molecule has 0 amide bonds. The van der Waals surface area contributed by atoms with Gasteiger partial charge >= 0.3 is 5.97 Å². The molecular formula is C21H23ClN2O3. The van der Waals surface area contributed by atoms with Crippen LogP contribution in [0.5, 0.6) is 0 Å². The maximum Gasteiger partial charge on any atom is 0.309 e. The van der Waals surface area contributed by atoms with Crippen LogP contribution >= 0.6 is 11.6 Å². The van der Waals surface area contributed by atoms with E-state index in [1.165, 1.54) is 0 Å². The lowest BCUT2D eigenvalue weighted by Crippen LogP contribution is -2.32. The predicted molar refractivity (Wildman–Crippen MR) is 107 cm³/mol. The summed E-state index contributed by atoms with van der Waals surface area (Å²) in [6, 6.07) is 15.4. The van der Waals surface area contributed by atoms with E-state index in [0.29, 0.717) is 17.3 Å². The van der Waals surface area contributed by atoms with Crippen molar-refractivity contribution in [3.8, 4) is 0 Å². The summed E-state index contributed by atoms with van der Waals surface area (Å²) in [5.74, 6) is -0.849. The highest BCUT2D eigenvalue weighted by atomic mass is 35.5. The maximum atomic E-state index is 10.8. The van der Waals surface area contributed by atoms with Gasteiger partial charge in [0.25, 0.3) is 0 Å². The molecule has 0 aliphatic rings. The minimum atomic E-state index is -0.849. The van der Waals surface area contributed by atoms with Crippen molar-refractivity contribution in [1.29, 1.82) is 0 Å². The van der Waals surface area contributed by atoms with Crippen LogP contribution in [0.15, 0.2) is 48.5 Å². The fourth-order valence-electron chi connectivity index (χ4n) is 3.20. The number of aromatic amines is 1. The average Bonchev–Trinajstić information content (AvgIpc) is 3.00. The number of hydrogen-bond acceptors (Lipinski definition) is 3. The van der Waals surface area contributed by atoms with Gasteiger partial charge in [0.2, 0.25) is 0 Å². The molecule has 0 saturated heterocycles. The smallest absolute Gasteiger partial charge is 0.309 e. The molecule has 27 heavy (non-hydrogen) atoms. The molecule has 1 aromatic heterocycles. The number of aliphatic carboxylic acids is 1. The Labute approximate surface area is 163 Å². The van der Waals surface area contributed by atoms with Crippen molar-refractivity contribution in [3.05, 3.63) is 70.4 Å². The van der Waals surface area contributed by atoms with Gasteiger partial charge in [-0.1, -0.05) is 29.8 Å². The molecule has 0 aliphatic carbocycles. The lowest BCUT2D eigenvalue weighted by atomic mass is 10.0. The minimum Gasteiger partial charge on any atom is -0.481 e. The largest absolute Gasteiger partial charge is 0.481 e. The van der Waals surface area contributed by atoms with E-state index in [-0.39, 0.29) is 12.5 Å². The molecule has 4 N–H and O–H groups in total. The van der Waals surface area contributed by atoms with Gasteiger partial charge in [0, 0.05) is 28.8 Å². The fraction of sp³-hybridized carbons (Fsp3) is 0.286. The lowest BCUT2D eigenvalue weighted by molar-refractivity contribution is -0.136. The van der Waals surface area contributed by atoms with Gasteiger partial charge in [-0.15, -0.1) is 0 Å². The number of fused-ring (bicyclic) bond motifs is 1.